The van der Waals surface area contributed by atoms with Crippen molar-refractivity contribution in [2.75, 3.05) is 26.0 Å². The Balaban J connectivity index is 2.34. The standard InChI is InChI=1S/C18H23FN2O3S/c1-5-24-17-11-10-16(12-18(17)25(22,23)21(3)4)20-13(2)14-6-8-15(19)9-7-14/h6-13,20H,5H2,1-4H3/t13-/m1/s1. The van der Waals surface area contributed by atoms with Crippen LogP contribution in [0.15, 0.2) is 47.4 Å². The number of rotatable bonds is 7. The molecule has 2 rings (SSSR count). The summed E-state index contributed by atoms with van der Waals surface area (Å²) in [7, 11) is -0.683. The number of ether oxygens (including phenoxy) is 1. The first-order chi connectivity index (χ1) is 11.8. The van der Waals surface area contributed by atoms with Gasteiger partial charge in [-0.1, -0.05) is 12.1 Å². The fourth-order valence-corrected chi connectivity index (χ4v) is 3.41. The Kier molecular flexibility index (Phi) is 6.02. The minimum absolute atomic E-state index is 0.107. The molecule has 0 unspecified atom stereocenters. The number of anilines is 1. The highest BCUT2D eigenvalue weighted by Gasteiger charge is 2.23. The summed E-state index contributed by atoms with van der Waals surface area (Å²) in [4.78, 5) is 0.107. The predicted molar refractivity (Wildman–Crippen MR) is 96.9 cm³/mol. The molecule has 25 heavy (non-hydrogen) atoms. The lowest BCUT2D eigenvalue weighted by Gasteiger charge is -2.19. The van der Waals surface area contributed by atoms with Crippen LogP contribution in [-0.4, -0.2) is 33.4 Å². The summed E-state index contributed by atoms with van der Waals surface area (Å²) in [6, 6.07) is 11.0. The maximum absolute atomic E-state index is 13.0. The highest BCUT2D eigenvalue weighted by Crippen LogP contribution is 2.30. The molecule has 1 atom stereocenters. The molecule has 136 valence electrons. The van der Waals surface area contributed by atoms with Gasteiger partial charge in [0.15, 0.2) is 0 Å². The van der Waals surface area contributed by atoms with Gasteiger partial charge < -0.3 is 10.1 Å². The van der Waals surface area contributed by atoms with Crippen LogP contribution in [0, 0.1) is 5.82 Å². The molecule has 0 saturated carbocycles. The Morgan fingerprint density at radius 3 is 2.36 bits per heavy atom. The zero-order valence-electron chi connectivity index (χ0n) is 14.8. The van der Waals surface area contributed by atoms with Gasteiger partial charge in [-0.25, -0.2) is 17.1 Å². The molecule has 1 N–H and O–H groups in total. The molecular weight excluding hydrogens is 343 g/mol. The molecule has 0 amide bonds. The van der Waals surface area contributed by atoms with Crippen molar-refractivity contribution < 1.29 is 17.5 Å². The van der Waals surface area contributed by atoms with Gasteiger partial charge in [-0.3, -0.25) is 0 Å². The van der Waals surface area contributed by atoms with E-state index >= 15 is 0 Å². The van der Waals surface area contributed by atoms with E-state index in [1.54, 1.807) is 37.3 Å². The van der Waals surface area contributed by atoms with Gasteiger partial charge in [-0.05, 0) is 49.7 Å². The second-order valence-corrected chi connectivity index (χ2v) is 7.92. The maximum Gasteiger partial charge on any atom is 0.246 e. The van der Waals surface area contributed by atoms with Crippen LogP contribution in [0.1, 0.15) is 25.5 Å². The predicted octanol–water partition coefficient (Wildman–Crippen LogP) is 3.65. The molecule has 0 bridgehead atoms. The number of nitrogens with zero attached hydrogens (tertiary/aromatic N) is 1. The normalized spacial score (nSPS) is 12.9. The molecule has 0 aliphatic carbocycles. The van der Waals surface area contributed by atoms with E-state index in [2.05, 4.69) is 5.32 Å². The van der Waals surface area contributed by atoms with Crippen molar-refractivity contribution in [3.05, 3.63) is 53.8 Å². The van der Waals surface area contributed by atoms with Crippen molar-refractivity contribution in [3.63, 3.8) is 0 Å². The van der Waals surface area contributed by atoms with Crippen LogP contribution in [0.4, 0.5) is 10.1 Å². The van der Waals surface area contributed by atoms with Crippen molar-refractivity contribution in [1.82, 2.24) is 4.31 Å². The summed E-state index contributed by atoms with van der Waals surface area (Å²) in [5, 5.41) is 3.24. The molecule has 7 heteroatoms. The Bertz CT molecular complexity index is 821. The van der Waals surface area contributed by atoms with E-state index in [1.807, 2.05) is 6.92 Å². The average Bonchev–Trinajstić information content (AvgIpc) is 2.56. The van der Waals surface area contributed by atoms with Crippen molar-refractivity contribution in [1.29, 1.82) is 0 Å². The van der Waals surface area contributed by atoms with Crippen molar-refractivity contribution in [2.45, 2.75) is 24.8 Å². The van der Waals surface area contributed by atoms with Crippen LogP contribution in [0.25, 0.3) is 0 Å². The van der Waals surface area contributed by atoms with Crippen molar-refractivity contribution in [2.24, 2.45) is 0 Å². The van der Waals surface area contributed by atoms with E-state index in [1.165, 1.54) is 26.2 Å². The molecule has 0 saturated heterocycles. The number of nitrogens with one attached hydrogen (secondary N) is 1. The average molecular weight is 366 g/mol. The molecule has 0 fully saturated rings. The Labute approximate surface area is 148 Å². The second-order valence-electron chi connectivity index (χ2n) is 5.80. The second kappa shape index (κ2) is 7.84. The molecule has 0 heterocycles. The zero-order valence-corrected chi connectivity index (χ0v) is 15.6. The summed E-state index contributed by atoms with van der Waals surface area (Å²) in [6.07, 6.45) is 0. The Morgan fingerprint density at radius 1 is 1.16 bits per heavy atom. The van der Waals surface area contributed by atoms with Gasteiger partial charge in [0.05, 0.1) is 6.61 Å². The van der Waals surface area contributed by atoms with Crippen molar-refractivity contribution >= 4 is 15.7 Å². The van der Waals surface area contributed by atoms with Crippen LogP contribution >= 0.6 is 0 Å². The van der Waals surface area contributed by atoms with Gasteiger partial charge in [0.25, 0.3) is 0 Å². The lowest BCUT2D eigenvalue weighted by molar-refractivity contribution is 0.330. The van der Waals surface area contributed by atoms with E-state index in [9.17, 15) is 12.8 Å². The molecular formula is C18H23FN2O3S. The topological polar surface area (TPSA) is 58.6 Å². The van der Waals surface area contributed by atoms with Gasteiger partial charge in [0.1, 0.15) is 16.5 Å². The van der Waals surface area contributed by atoms with E-state index in [0.29, 0.717) is 18.0 Å². The van der Waals surface area contributed by atoms with Crippen molar-refractivity contribution in [3.8, 4) is 5.75 Å². The lowest BCUT2D eigenvalue weighted by Crippen LogP contribution is -2.23. The first-order valence-electron chi connectivity index (χ1n) is 7.97. The summed E-state index contributed by atoms with van der Waals surface area (Å²) >= 11 is 0. The van der Waals surface area contributed by atoms with Crippen LogP contribution in [0.5, 0.6) is 5.75 Å². The molecule has 0 aliphatic rings. The number of hydrogen-bond donors (Lipinski definition) is 1. The maximum atomic E-state index is 13.0. The fraction of sp³-hybridized carbons (Fsp3) is 0.333. The van der Waals surface area contributed by atoms with E-state index in [-0.39, 0.29) is 16.8 Å². The summed E-state index contributed by atoms with van der Waals surface area (Å²) < 4.78 is 44.8. The molecule has 0 spiro atoms. The molecule has 2 aromatic rings. The lowest BCUT2D eigenvalue weighted by atomic mass is 10.1. The van der Waals surface area contributed by atoms with E-state index in [0.717, 1.165) is 9.87 Å². The number of benzene rings is 2. The zero-order chi connectivity index (χ0) is 18.6. The van der Waals surface area contributed by atoms with Gasteiger partial charge in [0.2, 0.25) is 10.0 Å². The smallest absolute Gasteiger partial charge is 0.246 e. The van der Waals surface area contributed by atoms with Gasteiger partial charge >= 0.3 is 0 Å². The molecule has 5 nitrogen and oxygen atoms in total. The number of halogens is 1. The summed E-state index contributed by atoms with van der Waals surface area (Å²) in [5.74, 6) is 0.0209. The third-order valence-electron chi connectivity index (χ3n) is 3.76. The first kappa shape index (κ1) is 19.2. The quantitative estimate of drug-likeness (QED) is 0.813. The molecule has 0 aliphatic heterocycles. The van der Waals surface area contributed by atoms with Crippen LogP contribution < -0.4 is 10.1 Å². The Hall–Kier alpha value is -2.12. The fourth-order valence-electron chi connectivity index (χ4n) is 2.36. The van der Waals surface area contributed by atoms with E-state index in [4.69, 9.17) is 4.74 Å². The minimum Gasteiger partial charge on any atom is -0.492 e. The highest BCUT2D eigenvalue weighted by atomic mass is 32.2. The van der Waals surface area contributed by atoms with Crippen LogP contribution in [0.3, 0.4) is 0 Å². The highest BCUT2D eigenvalue weighted by molar-refractivity contribution is 7.89. The van der Waals surface area contributed by atoms with Crippen LogP contribution in [0.2, 0.25) is 0 Å². The molecule has 0 aromatic heterocycles. The molecule has 2 aromatic carbocycles. The SMILES string of the molecule is CCOc1ccc(N[C@H](C)c2ccc(F)cc2)cc1S(=O)(=O)N(C)C. The summed E-state index contributed by atoms with van der Waals surface area (Å²) in [5.41, 5.74) is 1.54. The third-order valence-corrected chi connectivity index (χ3v) is 5.59. The van der Waals surface area contributed by atoms with Gasteiger partial charge in [0, 0.05) is 25.8 Å². The van der Waals surface area contributed by atoms with Gasteiger partial charge in [-0.2, -0.15) is 0 Å². The third kappa shape index (κ3) is 4.49. The number of sulfonamides is 1. The summed E-state index contributed by atoms with van der Waals surface area (Å²) in [6.45, 7) is 4.09. The largest absolute Gasteiger partial charge is 0.492 e. The van der Waals surface area contributed by atoms with Gasteiger partial charge in [-0.15, -0.1) is 0 Å². The first-order valence-corrected chi connectivity index (χ1v) is 9.41. The Morgan fingerprint density at radius 2 is 1.80 bits per heavy atom. The molecule has 0 radical (unpaired) electrons. The van der Waals surface area contributed by atoms with E-state index < -0.39 is 10.0 Å². The van der Waals surface area contributed by atoms with Crippen LogP contribution in [-0.2, 0) is 10.0 Å². The monoisotopic (exact) mass is 366 g/mol. The minimum atomic E-state index is -3.64. The number of hydrogen-bond acceptors (Lipinski definition) is 4.